The molecule has 2 aliphatic rings. The molecular weight excluding hydrogens is 424 g/mol. The van der Waals surface area contributed by atoms with Crippen LogP contribution in [0, 0.1) is 24.0 Å². The SMILES string of the molecule is Br.Br.CC1=[C-]C(C)C(C)=C1C.CC1=[C-]C(C)C(C)=C1C.[Ti+2]. The predicted octanol–water partition coefficient (Wildman–Crippen LogP) is 6.60. The van der Waals surface area contributed by atoms with Crippen molar-refractivity contribution in [2.24, 2.45) is 11.8 Å². The van der Waals surface area contributed by atoms with Crippen molar-refractivity contribution in [3.8, 4) is 0 Å². The second kappa shape index (κ2) is 11.2. The fraction of sp³-hybridized carbons (Fsp3) is 0.556. The van der Waals surface area contributed by atoms with Crippen LogP contribution in [0.4, 0.5) is 0 Å². The first kappa shape index (κ1) is 26.5. The van der Waals surface area contributed by atoms with Crippen LogP contribution < -0.4 is 0 Å². The molecule has 118 valence electrons. The fourth-order valence-corrected chi connectivity index (χ4v) is 2.32. The minimum absolute atomic E-state index is 0. The van der Waals surface area contributed by atoms with Crippen LogP contribution in [0.5, 0.6) is 0 Å². The fourth-order valence-electron chi connectivity index (χ4n) is 2.32. The van der Waals surface area contributed by atoms with Gasteiger partial charge in [0.05, 0.1) is 0 Å². The summed E-state index contributed by atoms with van der Waals surface area (Å²) in [5, 5.41) is 0. The van der Waals surface area contributed by atoms with E-state index in [1.807, 2.05) is 0 Å². The van der Waals surface area contributed by atoms with Gasteiger partial charge in [-0.3, -0.25) is 12.2 Å². The van der Waals surface area contributed by atoms with E-state index in [4.69, 9.17) is 0 Å². The molecular formula is C18H28Br2Ti. The third-order valence-electron chi connectivity index (χ3n) is 4.47. The van der Waals surface area contributed by atoms with Crippen LogP contribution in [0.3, 0.4) is 0 Å². The molecule has 0 aromatic carbocycles. The van der Waals surface area contributed by atoms with Crippen LogP contribution in [-0.4, -0.2) is 0 Å². The molecule has 0 saturated carbocycles. The smallest absolute Gasteiger partial charge is 0.266 e. The van der Waals surface area contributed by atoms with Crippen molar-refractivity contribution in [3.05, 3.63) is 45.6 Å². The maximum atomic E-state index is 3.36. The standard InChI is InChI=1S/2C9H13.2BrH.Ti/c2*1-6-5-7(2)9(4)8(6)3;;;/h2*6H,1-4H3;2*1H;/q2*-1;;;+2. The van der Waals surface area contributed by atoms with E-state index >= 15 is 0 Å². The first-order valence-corrected chi connectivity index (χ1v) is 6.81. The van der Waals surface area contributed by atoms with Gasteiger partial charge < -0.3 is 0 Å². The molecule has 0 aromatic heterocycles. The first-order valence-electron chi connectivity index (χ1n) is 6.81. The zero-order valence-electron chi connectivity index (χ0n) is 14.5. The monoisotopic (exact) mass is 450 g/mol. The van der Waals surface area contributed by atoms with Gasteiger partial charge in [-0.25, -0.2) is 11.1 Å². The summed E-state index contributed by atoms with van der Waals surface area (Å²) >= 11 is 0. The van der Waals surface area contributed by atoms with E-state index in [2.05, 4.69) is 67.5 Å². The Morgan fingerprint density at radius 2 is 0.857 bits per heavy atom. The normalized spacial score (nSPS) is 23.2. The molecule has 0 nitrogen and oxygen atoms in total. The topological polar surface area (TPSA) is 0 Å². The molecule has 0 fully saturated rings. The molecule has 2 unspecified atom stereocenters. The van der Waals surface area contributed by atoms with E-state index in [1.165, 1.54) is 33.4 Å². The molecule has 0 spiro atoms. The zero-order chi connectivity index (χ0) is 14.0. The quantitative estimate of drug-likeness (QED) is 0.287. The second-order valence-electron chi connectivity index (χ2n) is 5.60. The Hall–Kier alpha value is 0.634. The molecule has 0 radical (unpaired) electrons. The minimum Gasteiger partial charge on any atom is -0.266 e. The Bertz CT molecular complexity index is 424. The van der Waals surface area contributed by atoms with Crippen molar-refractivity contribution in [1.82, 2.24) is 0 Å². The van der Waals surface area contributed by atoms with E-state index < -0.39 is 0 Å². The van der Waals surface area contributed by atoms with Gasteiger partial charge in [-0.2, -0.15) is 22.3 Å². The number of rotatable bonds is 0. The summed E-state index contributed by atoms with van der Waals surface area (Å²) in [4.78, 5) is 0. The van der Waals surface area contributed by atoms with Gasteiger partial charge in [0.2, 0.25) is 0 Å². The molecule has 0 amide bonds. The zero-order valence-corrected chi connectivity index (χ0v) is 19.5. The third-order valence-corrected chi connectivity index (χ3v) is 4.47. The van der Waals surface area contributed by atoms with E-state index in [-0.39, 0.29) is 55.7 Å². The van der Waals surface area contributed by atoms with Gasteiger partial charge in [0.15, 0.2) is 0 Å². The summed E-state index contributed by atoms with van der Waals surface area (Å²) in [6, 6.07) is 0. The summed E-state index contributed by atoms with van der Waals surface area (Å²) in [5.41, 5.74) is 8.49. The Balaban J connectivity index is -0.000000270. The summed E-state index contributed by atoms with van der Waals surface area (Å²) in [6.07, 6.45) is 6.72. The van der Waals surface area contributed by atoms with Crippen LogP contribution in [0.2, 0.25) is 0 Å². The average molecular weight is 452 g/mol. The summed E-state index contributed by atoms with van der Waals surface area (Å²) in [6.45, 7) is 17.3. The Morgan fingerprint density at radius 3 is 0.905 bits per heavy atom. The minimum atomic E-state index is 0. The predicted molar refractivity (Wildman–Crippen MR) is 101 cm³/mol. The van der Waals surface area contributed by atoms with E-state index in [0.29, 0.717) is 11.8 Å². The molecule has 21 heavy (non-hydrogen) atoms. The largest absolute Gasteiger partial charge is 2.00 e. The van der Waals surface area contributed by atoms with Crippen LogP contribution in [0.15, 0.2) is 33.4 Å². The molecule has 3 heteroatoms. The van der Waals surface area contributed by atoms with Gasteiger partial charge >= 0.3 is 21.7 Å². The number of hydrogen-bond donors (Lipinski definition) is 0. The second-order valence-corrected chi connectivity index (χ2v) is 5.60. The van der Waals surface area contributed by atoms with Gasteiger partial charge in [-0.1, -0.05) is 53.4 Å². The molecule has 0 bridgehead atoms. The molecule has 0 N–H and O–H groups in total. The maximum absolute atomic E-state index is 3.36. The molecule has 2 atom stereocenters. The van der Waals surface area contributed by atoms with E-state index in [0.717, 1.165) is 0 Å². The van der Waals surface area contributed by atoms with Crippen LogP contribution in [0.25, 0.3) is 0 Å². The first-order chi connectivity index (χ1) is 8.25. The average Bonchev–Trinajstić information content (AvgIpc) is 2.66. The van der Waals surface area contributed by atoms with E-state index in [9.17, 15) is 0 Å². The third kappa shape index (κ3) is 6.73. The van der Waals surface area contributed by atoms with Gasteiger partial charge in [0.25, 0.3) is 0 Å². The van der Waals surface area contributed by atoms with Crippen molar-refractivity contribution >= 4 is 34.0 Å². The van der Waals surface area contributed by atoms with Gasteiger partial charge in [0, 0.05) is 0 Å². The van der Waals surface area contributed by atoms with Gasteiger partial charge in [0.1, 0.15) is 0 Å². The summed E-state index contributed by atoms with van der Waals surface area (Å²) < 4.78 is 0. The van der Waals surface area contributed by atoms with Crippen molar-refractivity contribution in [1.29, 1.82) is 0 Å². The molecule has 0 saturated heterocycles. The van der Waals surface area contributed by atoms with Crippen molar-refractivity contribution in [3.63, 3.8) is 0 Å². The van der Waals surface area contributed by atoms with Crippen LogP contribution in [-0.2, 0) is 21.7 Å². The maximum Gasteiger partial charge on any atom is 2.00 e. The van der Waals surface area contributed by atoms with Crippen LogP contribution in [0.1, 0.15) is 55.4 Å². The summed E-state index contributed by atoms with van der Waals surface area (Å²) in [5.74, 6) is 1.12. The van der Waals surface area contributed by atoms with Crippen LogP contribution >= 0.6 is 34.0 Å². The van der Waals surface area contributed by atoms with Crippen molar-refractivity contribution in [2.75, 3.05) is 0 Å². The number of allylic oxidation sites excluding steroid dienone is 8. The van der Waals surface area contributed by atoms with Gasteiger partial charge in [-0.15, -0.1) is 47.8 Å². The molecule has 2 rings (SSSR count). The van der Waals surface area contributed by atoms with Gasteiger partial charge in [-0.05, 0) is 0 Å². The van der Waals surface area contributed by atoms with E-state index in [1.54, 1.807) is 0 Å². The van der Waals surface area contributed by atoms with Crippen molar-refractivity contribution in [2.45, 2.75) is 55.4 Å². The van der Waals surface area contributed by atoms with Crippen molar-refractivity contribution < 1.29 is 21.7 Å². The molecule has 0 heterocycles. The Morgan fingerprint density at radius 1 is 0.619 bits per heavy atom. The molecule has 0 aromatic rings. The Labute approximate surface area is 167 Å². The summed E-state index contributed by atoms with van der Waals surface area (Å²) in [7, 11) is 0. The Kier molecular flexibility index (Phi) is 14.2. The molecule has 0 aliphatic heterocycles. The molecule has 2 aliphatic carbocycles. The number of hydrogen-bond acceptors (Lipinski definition) is 0. The number of halogens is 2.